The maximum absolute atomic E-state index is 10.3. The van der Waals surface area contributed by atoms with Gasteiger partial charge in [0.2, 0.25) is 0 Å². The van der Waals surface area contributed by atoms with Gasteiger partial charge in [0.05, 0.1) is 0 Å². The van der Waals surface area contributed by atoms with Gasteiger partial charge in [0.1, 0.15) is 17.8 Å². The second-order valence-corrected chi connectivity index (χ2v) is 4.24. The molecule has 1 unspecified atom stereocenters. The van der Waals surface area contributed by atoms with E-state index >= 15 is 0 Å². The molecule has 6 heteroatoms. The largest absolute Gasteiger partial charge is 0.384 e. The molecule has 1 heterocycles. The molecule has 1 atom stereocenters. The molecule has 0 saturated carbocycles. The third-order valence-corrected chi connectivity index (χ3v) is 2.58. The monoisotopic (exact) mass is 243 g/mol. The molecule has 1 rings (SSSR count). The molecule has 6 nitrogen and oxygen atoms in total. The Kier molecular flexibility index (Phi) is 5.04. The number of rotatable bonds is 7. The van der Waals surface area contributed by atoms with Crippen molar-refractivity contribution < 1.29 is 14.6 Å². The minimum atomic E-state index is -1.14. The van der Waals surface area contributed by atoms with Gasteiger partial charge in [-0.15, -0.1) is 0 Å². The van der Waals surface area contributed by atoms with Crippen molar-refractivity contribution in [1.82, 2.24) is 14.8 Å². The maximum Gasteiger partial charge on any atom is 0.185 e. The fourth-order valence-corrected chi connectivity index (χ4v) is 1.83. The highest BCUT2D eigenvalue weighted by molar-refractivity contribution is 4.94. The molecule has 0 aliphatic rings. The van der Waals surface area contributed by atoms with Gasteiger partial charge in [0.25, 0.3) is 0 Å². The van der Waals surface area contributed by atoms with Crippen LogP contribution in [0.15, 0.2) is 6.33 Å². The smallest absolute Gasteiger partial charge is 0.185 e. The van der Waals surface area contributed by atoms with E-state index in [2.05, 4.69) is 17.0 Å². The third kappa shape index (κ3) is 3.49. The minimum absolute atomic E-state index is 0.333. The molecule has 0 aliphatic carbocycles. The first-order valence-electron chi connectivity index (χ1n) is 5.69. The third-order valence-electron chi connectivity index (χ3n) is 2.58. The van der Waals surface area contributed by atoms with Crippen LogP contribution in [0.1, 0.15) is 26.1 Å². The second-order valence-electron chi connectivity index (χ2n) is 4.24. The maximum atomic E-state index is 10.3. The van der Waals surface area contributed by atoms with Gasteiger partial charge >= 0.3 is 0 Å². The van der Waals surface area contributed by atoms with Crippen molar-refractivity contribution in [2.45, 2.75) is 45.1 Å². The van der Waals surface area contributed by atoms with Crippen LogP contribution in [0, 0.1) is 0 Å². The Balaban J connectivity index is 2.77. The van der Waals surface area contributed by atoms with E-state index in [-0.39, 0.29) is 0 Å². The normalized spacial score (nSPS) is 15.2. The average Bonchev–Trinajstić information content (AvgIpc) is 2.67. The van der Waals surface area contributed by atoms with E-state index in [1.54, 1.807) is 11.6 Å². The van der Waals surface area contributed by atoms with Crippen LogP contribution >= 0.6 is 0 Å². The Morgan fingerprint density at radius 1 is 1.47 bits per heavy atom. The fourth-order valence-electron chi connectivity index (χ4n) is 1.83. The summed E-state index contributed by atoms with van der Waals surface area (Å²) in [5, 5.41) is 14.4. The summed E-state index contributed by atoms with van der Waals surface area (Å²) >= 11 is 0. The standard InChI is InChI=1S/C11H21N3O3/c1-5-6-14-9(12-8-13-14)7-11(2,15)10(16-3)17-4/h8,10,15H,5-7H2,1-4H3. The lowest BCUT2D eigenvalue weighted by atomic mass is 10.0. The van der Waals surface area contributed by atoms with Crippen LogP contribution in [-0.4, -0.2) is 46.0 Å². The number of nitrogens with zero attached hydrogens (tertiary/aromatic N) is 3. The van der Waals surface area contributed by atoms with Crippen LogP contribution in [0.25, 0.3) is 0 Å². The van der Waals surface area contributed by atoms with Crippen molar-refractivity contribution in [2.24, 2.45) is 0 Å². The fraction of sp³-hybridized carbons (Fsp3) is 0.818. The molecule has 1 aromatic rings. The van der Waals surface area contributed by atoms with Crippen LogP contribution in [-0.2, 0) is 22.4 Å². The molecule has 0 spiro atoms. The molecule has 17 heavy (non-hydrogen) atoms. The quantitative estimate of drug-likeness (QED) is 0.710. The van der Waals surface area contributed by atoms with Crippen LogP contribution in [0.5, 0.6) is 0 Å². The molecule has 1 aromatic heterocycles. The van der Waals surface area contributed by atoms with Gasteiger partial charge < -0.3 is 14.6 Å². The zero-order valence-electron chi connectivity index (χ0n) is 10.9. The van der Waals surface area contributed by atoms with Crippen molar-refractivity contribution in [1.29, 1.82) is 0 Å². The number of ether oxygens (including phenoxy) is 2. The first-order chi connectivity index (χ1) is 8.05. The Bertz CT molecular complexity index is 334. The van der Waals surface area contributed by atoms with Crippen LogP contribution in [0.4, 0.5) is 0 Å². The topological polar surface area (TPSA) is 69.4 Å². The Morgan fingerprint density at radius 3 is 2.65 bits per heavy atom. The Hall–Kier alpha value is -0.980. The zero-order valence-corrected chi connectivity index (χ0v) is 10.9. The number of aryl methyl sites for hydroxylation is 1. The highest BCUT2D eigenvalue weighted by Crippen LogP contribution is 2.18. The number of aromatic nitrogens is 3. The molecule has 0 aromatic carbocycles. The average molecular weight is 243 g/mol. The van der Waals surface area contributed by atoms with Crippen LogP contribution in [0.3, 0.4) is 0 Å². The minimum Gasteiger partial charge on any atom is -0.384 e. The van der Waals surface area contributed by atoms with Crippen molar-refractivity contribution >= 4 is 0 Å². The van der Waals surface area contributed by atoms with Crippen molar-refractivity contribution in [3.63, 3.8) is 0 Å². The molecule has 0 aliphatic heterocycles. The lowest BCUT2D eigenvalue weighted by Crippen LogP contribution is -2.44. The lowest BCUT2D eigenvalue weighted by molar-refractivity contribution is -0.208. The van der Waals surface area contributed by atoms with Gasteiger partial charge in [-0.1, -0.05) is 6.92 Å². The molecule has 0 bridgehead atoms. The van der Waals surface area contributed by atoms with E-state index in [1.807, 2.05) is 0 Å². The van der Waals surface area contributed by atoms with E-state index < -0.39 is 11.9 Å². The Labute approximate surface area is 102 Å². The van der Waals surface area contributed by atoms with Gasteiger partial charge in [-0.25, -0.2) is 4.98 Å². The summed E-state index contributed by atoms with van der Waals surface area (Å²) in [6.07, 6.45) is 2.11. The summed E-state index contributed by atoms with van der Waals surface area (Å²) in [6, 6.07) is 0. The summed E-state index contributed by atoms with van der Waals surface area (Å²) < 4.78 is 12.0. The summed E-state index contributed by atoms with van der Waals surface area (Å²) in [5.41, 5.74) is -1.14. The summed E-state index contributed by atoms with van der Waals surface area (Å²) in [4.78, 5) is 4.15. The summed E-state index contributed by atoms with van der Waals surface area (Å²) in [5.74, 6) is 0.732. The molecule has 0 radical (unpaired) electrons. The van der Waals surface area contributed by atoms with Gasteiger partial charge in [0, 0.05) is 27.2 Å². The van der Waals surface area contributed by atoms with Crippen molar-refractivity contribution in [3.8, 4) is 0 Å². The Morgan fingerprint density at radius 2 is 2.12 bits per heavy atom. The van der Waals surface area contributed by atoms with Gasteiger partial charge in [-0.3, -0.25) is 4.68 Å². The van der Waals surface area contributed by atoms with Crippen molar-refractivity contribution in [2.75, 3.05) is 14.2 Å². The summed E-state index contributed by atoms with van der Waals surface area (Å²) in [7, 11) is 3.00. The molecule has 0 amide bonds. The predicted octanol–water partition coefficient (Wildman–Crippen LogP) is 0.600. The van der Waals surface area contributed by atoms with Crippen molar-refractivity contribution in [3.05, 3.63) is 12.2 Å². The molecule has 0 saturated heterocycles. The SMILES string of the molecule is CCCn1ncnc1CC(C)(O)C(OC)OC. The zero-order chi connectivity index (χ0) is 12.9. The van der Waals surface area contributed by atoms with E-state index in [0.717, 1.165) is 18.8 Å². The first-order valence-corrected chi connectivity index (χ1v) is 5.69. The van der Waals surface area contributed by atoms with E-state index in [9.17, 15) is 5.11 Å². The lowest BCUT2D eigenvalue weighted by Gasteiger charge is -2.30. The summed E-state index contributed by atoms with van der Waals surface area (Å²) in [6.45, 7) is 4.52. The number of hydrogen-bond acceptors (Lipinski definition) is 5. The number of hydrogen-bond donors (Lipinski definition) is 1. The van der Waals surface area contributed by atoms with Gasteiger partial charge in [-0.2, -0.15) is 5.10 Å². The van der Waals surface area contributed by atoms with E-state index in [1.165, 1.54) is 20.5 Å². The molecule has 1 N–H and O–H groups in total. The molecular weight excluding hydrogens is 222 g/mol. The highest BCUT2D eigenvalue weighted by atomic mass is 16.7. The number of methoxy groups -OCH3 is 2. The second kappa shape index (κ2) is 6.09. The van der Waals surface area contributed by atoms with Gasteiger partial charge in [-0.05, 0) is 13.3 Å². The first kappa shape index (κ1) is 14.1. The molecular formula is C11H21N3O3. The molecule has 98 valence electrons. The van der Waals surface area contributed by atoms with Gasteiger partial charge in [0.15, 0.2) is 6.29 Å². The van der Waals surface area contributed by atoms with E-state index in [0.29, 0.717) is 6.42 Å². The van der Waals surface area contributed by atoms with Crippen LogP contribution in [0.2, 0.25) is 0 Å². The predicted molar refractivity (Wildman–Crippen MR) is 62.4 cm³/mol. The van der Waals surface area contributed by atoms with E-state index in [4.69, 9.17) is 9.47 Å². The van der Waals surface area contributed by atoms with Crippen LogP contribution < -0.4 is 0 Å². The number of aliphatic hydroxyl groups is 1. The highest BCUT2D eigenvalue weighted by Gasteiger charge is 2.34. The molecule has 0 fully saturated rings.